The van der Waals surface area contributed by atoms with Crippen LogP contribution in [0, 0.1) is 0 Å². The number of nitrogens with one attached hydrogen (secondary N) is 1. The van der Waals surface area contributed by atoms with Gasteiger partial charge in [0, 0.05) is 49.4 Å². The van der Waals surface area contributed by atoms with E-state index >= 15 is 0 Å². The first-order valence-corrected chi connectivity index (χ1v) is 15.3. The van der Waals surface area contributed by atoms with Crippen LogP contribution >= 0.6 is 0 Å². The predicted molar refractivity (Wildman–Crippen MR) is 158 cm³/mol. The Labute approximate surface area is 236 Å². The van der Waals surface area contributed by atoms with Crippen LogP contribution in [0.4, 0.5) is 11.4 Å². The maximum Gasteiger partial charge on any atom is 0.301 e. The number of pyridine rings is 2. The summed E-state index contributed by atoms with van der Waals surface area (Å²) in [6, 6.07) is 7.72. The van der Waals surface area contributed by atoms with E-state index in [2.05, 4.69) is 19.6 Å². The summed E-state index contributed by atoms with van der Waals surface area (Å²) in [5.74, 6) is 0.376. The number of aromatic nitrogens is 2. The highest BCUT2D eigenvalue weighted by atomic mass is 32.2. The quantitative estimate of drug-likeness (QED) is 0.349. The fraction of sp³-hybridized carbons (Fsp3) is 0.483. The minimum atomic E-state index is -3.81. The first-order valence-electron chi connectivity index (χ1n) is 13.9. The third-order valence-electron chi connectivity index (χ3n) is 8.07. The number of hydrogen-bond donors (Lipinski definition) is 1. The molecule has 3 heterocycles. The van der Waals surface area contributed by atoms with Crippen LogP contribution in [0.2, 0.25) is 0 Å². The van der Waals surface area contributed by atoms with Crippen LogP contribution in [0.1, 0.15) is 45.1 Å². The van der Waals surface area contributed by atoms with Gasteiger partial charge in [-0.05, 0) is 57.1 Å². The smallest absolute Gasteiger partial charge is 0.301 e. The standard InChI is InChI=1S/C29H38N6O4S/c1-6-35(7-2)40(37,38)32-24-17-21(18-31-27(24)39-15-9-14-33(3)4)20-10-11-23-22(16-20)26-25(19-30-23)34(5)28(36)29(26)12-8-13-29/h10-11,16-19,32H,6-9,12-15H2,1-5H3. The summed E-state index contributed by atoms with van der Waals surface area (Å²) < 4.78 is 36.3. The number of fused-ring (bicyclic) bond motifs is 4. The van der Waals surface area contributed by atoms with Gasteiger partial charge in [0.05, 0.1) is 29.4 Å². The van der Waals surface area contributed by atoms with Crippen molar-refractivity contribution in [1.82, 2.24) is 19.2 Å². The van der Waals surface area contributed by atoms with Crippen molar-refractivity contribution in [2.45, 2.75) is 44.9 Å². The van der Waals surface area contributed by atoms with E-state index in [1.807, 2.05) is 39.3 Å². The summed E-state index contributed by atoms with van der Waals surface area (Å²) in [5.41, 5.74) is 4.14. The third kappa shape index (κ3) is 4.90. The number of ether oxygens (including phenoxy) is 1. The van der Waals surface area contributed by atoms with E-state index < -0.39 is 15.6 Å². The summed E-state index contributed by atoms with van der Waals surface area (Å²) in [4.78, 5) is 26.2. The van der Waals surface area contributed by atoms with Crippen molar-refractivity contribution in [3.63, 3.8) is 0 Å². The summed E-state index contributed by atoms with van der Waals surface area (Å²) in [5, 5.41) is 0.946. The lowest BCUT2D eigenvalue weighted by Gasteiger charge is -2.37. The van der Waals surface area contributed by atoms with Gasteiger partial charge in [-0.2, -0.15) is 12.7 Å². The summed E-state index contributed by atoms with van der Waals surface area (Å²) in [6.45, 7) is 5.53. The molecule has 0 radical (unpaired) electrons. The van der Waals surface area contributed by atoms with E-state index in [1.165, 1.54) is 4.31 Å². The molecule has 1 aliphatic heterocycles. The molecule has 0 atom stereocenters. The van der Waals surface area contributed by atoms with Gasteiger partial charge in [-0.3, -0.25) is 14.5 Å². The number of carbonyl (C=O) groups excluding carboxylic acids is 1. The normalized spacial score (nSPS) is 16.2. The van der Waals surface area contributed by atoms with Gasteiger partial charge < -0.3 is 14.5 Å². The highest BCUT2D eigenvalue weighted by Crippen LogP contribution is 2.55. The average Bonchev–Trinajstić information content (AvgIpc) is 3.14. The summed E-state index contributed by atoms with van der Waals surface area (Å²) in [7, 11) is 2.00. The molecule has 0 saturated heterocycles. The zero-order chi connectivity index (χ0) is 28.7. The van der Waals surface area contributed by atoms with Crippen LogP contribution in [-0.2, 0) is 20.4 Å². The van der Waals surface area contributed by atoms with E-state index in [0.717, 1.165) is 65.5 Å². The molecule has 1 N–H and O–H groups in total. The molecule has 2 aliphatic rings. The monoisotopic (exact) mass is 566 g/mol. The van der Waals surface area contributed by atoms with Crippen molar-refractivity contribution in [2.75, 3.05) is 57.0 Å². The molecule has 3 aromatic rings. The number of hydrogen-bond acceptors (Lipinski definition) is 7. The molecule has 2 aromatic heterocycles. The van der Waals surface area contributed by atoms with E-state index in [-0.39, 0.29) is 17.5 Å². The van der Waals surface area contributed by atoms with Gasteiger partial charge in [-0.1, -0.05) is 26.3 Å². The van der Waals surface area contributed by atoms with E-state index in [0.29, 0.717) is 19.7 Å². The molecule has 10 nitrogen and oxygen atoms in total. The zero-order valence-corrected chi connectivity index (χ0v) is 24.7. The number of nitrogens with zero attached hydrogens (tertiary/aromatic N) is 5. The van der Waals surface area contributed by atoms with Gasteiger partial charge >= 0.3 is 10.2 Å². The third-order valence-corrected chi connectivity index (χ3v) is 9.74. The average molecular weight is 567 g/mol. The number of likely N-dealkylation sites (N-methyl/N-ethyl adjacent to an activating group) is 1. The van der Waals surface area contributed by atoms with Crippen molar-refractivity contribution >= 4 is 38.4 Å². The van der Waals surface area contributed by atoms with Crippen LogP contribution in [0.15, 0.2) is 36.7 Å². The first-order chi connectivity index (χ1) is 19.1. The number of anilines is 2. The molecule has 214 valence electrons. The minimum Gasteiger partial charge on any atom is -0.476 e. The largest absolute Gasteiger partial charge is 0.476 e. The Bertz CT molecular complexity index is 1530. The Morgan fingerprint density at radius 1 is 1.07 bits per heavy atom. The molecular formula is C29H38N6O4S. The lowest BCUT2D eigenvalue weighted by Crippen LogP contribution is -2.43. The van der Waals surface area contributed by atoms with Crippen LogP contribution in [0.5, 0.6) is 5.88 Å². The van der Waals surface area contributed by atoms with Gasteiger partial charge in [0.15, 0.2) is 0 Å². The lowest BCUT2D eigenvalue weighted by atomic mass is 9.64. The highest BCUT2D eigenvalue weighted by molar-refractivity contribution is 7.90. The number of benzene rings is 1. The van der Waals surface area contributed by atoms with E-state index in [1.54, 1.807) is 37.2 Å². The van der Waals surface area contributed by atoms with E-state index in [9.17, 15) is 13.2 Å². The van der Waals surface area contributed by atoms with Crippen molar-refractivity contribution in [3.8, 4) is 17.0 Å². The Hall–Kier alpha value is -3.28. The van der Waals surface area contributed by atoms with Crippen LogP contribution in [0.3, 0.4) is 0 Å². The summed E-state index contributed by atoms with van der Waals surface area (Å²) in [6.07, 6.45) is 6.97. The number of rotatable bonds is 11. The molecule has 0 bridgehead atoms. The molecule has 1 aromatic carbocycles. The lowest BCUT2D eigenvalue weighted by molar-refractivity contribution is -0.125. The van der Waals surface area contributed by atoms with Crippen molar-refractivity contribution in [2.24, 2.45) is 0 Å². The minimum absolute atomic E-state index is 0.138. The maximum atomic E-state index is 13.2. The second-order valence-electron chi connectivity index (χ2n) is 10.8. The predicted octanol–water partition coefficient (Wildman–Crippen LogP) is 4.02. The van der Waals surface area contributed by atoms with Crippen LogP contribution in [0.25, 0.3) is 22.0 Å². The molecule has 1 saturated carbocycles. The Kier molecular flexibility index (Phi) is 7.73. The molecule has 1 fully saturated rings. The molecule has 1 spiro atoms. The Balaban J connectivity index is 1.55. The van der Waals surface area contributed by atoms with Crippen LogP contribution in [-0.4, -0.2) is 80.9 Å². The molecular weight excluding hydrogens is 528 g/mol. The second kappa shape index (κ2) is 10.9. The van der Waals surface area contributed by atoms with Crippen molar-refractivity contribution < 1.29 is 17.9 Å². The van der Waals surface area contributed by atoms with Gasteiger partial charge in [0.1, 0.15) is 5.69 Å². The number of carbonyl (C=O) groups is 1. The van der Waals surface area contributed by atoms with E-state index in [4.69, 9.17) is 4.74 Å². The molecule has 1 aliphatic carbocycles. The first kappa shape index (κ1) is 28.3. The van der Waals surface area contributed by atoms with Gasteiger partial charge in [-0.15, -0.1) is 0 Å². The molecule has 0 unspecified atom stereocenters. The van der Waals surface area contributed by atoms with Gasteiger partial charge in [0.2, 0.25) is 11.8 Å². The molecule has 40 heavy (non-hydrogen) atoms. The van der Waals surface area contributed by atoms with Gasteiger partial charge in [0.25, 0.3) is 0 Å². The maximum absolute atomic E-state index is 13.2. The molecule has 5 rings (SSSR count). The second-order valence-corrected chi connectivity index (χ2v) is 12.5. The topological polar surface area (TPSA) is 108 Å². The molecule has 1 amide bonds. The fourth-order valence-electron chi connectivity index (χ4n) is 5.77. The number of amides is 1. The zero-order valence-electron chi connectivity index (χ0n) is 23.9. The highest BCUT2D eigenvalue weighted by Gasteiger charge is 2.54. The Morgan fingerprint density at radius 3 is 2.48 bits per heavy atom. The van der Waals surface area contributed by atoms with Crippen molar-refractivity contribution in [1.29, 1.82) is 0 Å². The van der Waals surface area contributed by atoms with Gasteiger partial charge in [-0.25, -0.2) is 4.98 Å². The molecule has 11 heteroatoms. The van der Waals surface area contributed by atoms with Crippen molar-refractivity contribution in [3.05, 3.63) is 42.2 Å². The fourth-order valence-corrected chi connectivity index (χ4v) is 7.00. The SMILES string of the molecule is CCN(CC)S(=O)(=O)Nc1cc(-c2ccc3ncc4c(c3c2)C2(CCC2)C(=O)N4C)cnc1OCCCN(C)C. The van der Waals surface area contributed by atoms with Crippen LogP contribution < -0.4 is 14.4 Å². The Morgan fingerprint density at radius 2 is 1.82 bits per heavy atom. The summed E-state index contributed by atoms with van der Waals surface area (Å²) >= 11 is 0.